The molecule has 2 aromatic carbocycles. The van der Waals surface area contributed by atoms with Crippen LogP contribution in [0, 0.1) is 6.92 Å². The summed E-state index contributed by atoms with van der Waals surface area (Å²) in [6.45, 7) is 2.37. The van der Waals surface area contributed by atoms with Crippen molar-refractivity contribution in [2.24, 2.45) is 0 Å². The van der Waals surface area contributed by atoms with Gasteiger partial charge in [-0.15, -0.1) is 0 Å². The van der Waals surface area contributed by atoms with Crippen molar-refractivity contribution in [1.29, 1.82) is 0 Å². The number of aryl methyl sites for hydroxylation is 1. The quantitative estimate of drug-likeness (QED) is 0.827. The Morgan fingerprint density at radius 2 is 1.91 bits per heavy atom. The first-order valence-electron chi connectivity index (χ1n) is 6.86. The highest BCUT2D eigenvalue weighted by atomic mass is 16.5. The Kier molecular flexibility index (Phi) is 5.20. The molecule has 0 aliphatic heterocycles. The monoisotopic (exact) mass is 298 g/mol. The molecule has 2 aromatic rings. The molecular weight excluding hydrogens is 280 g/mol. The first-order chi connectivity index (χ1) is 10.6. The van der Waals surface area contributed by atoms with Crippen molar-refractivity contribution in [3.63, 3.8) is 0 Å². The van der Waals surface area contributed by atoms with Gasteiger partial charge in [0, 0.05) is 11.6 Å². The molecule has 0 atom stereocenters. The third kappa shape index (κ3) is 4.38. The number of hydrogen-bond acceptors (Lipinski definition) is 3. The van der Waals surface area contributed by atoms with E-state index in [4.69, 9.17) is 14.6 Å². The van der Waals surface area contributed by atoms with Crippen molar-refractivity contribution < 1.29 is 19.4 Å². The average Bonchev–Trinajstić information content (AvgIpc) is 2.52. The Morgan fingerprint density at radius 3 is 2.55 bits per heavy atom. The molecule has 0 fully saturated rings. The van der Waals surface area contributed by atoms with Gasteiger partial charge in [0.2, 0.25) is 0 Å². The molecular formula is C18H18O4. The van der Waals surface area contributed by atoms with Crippen LogP contribution >= 0.6 is 0 Å². The fourth-order valence-electron chi connectivity index (χ4n) is 1.98. The van der Waals surface area contributed by atoms with Crippen molar-refractivity contribution in [3.05, 3.63) is 65.2 Å². The number of aliphatic carboxylic acids is 1. The zero-order valence-corrected chi connectivity index (χ0v) is 12.6. The molecule has 22 heavy (non-hydrogen) atoms. The molecule has 4 heteroatoms. The second-order valence-electron chi connectivity index (χ2n) is 4.84. The van der Waals surface area contributed by atoms with Crippen LogP contribution in [0.25, 0.3) is 6.08 Å². The first-order valence-corrected chi connectivity index (χ1v) is 6.86. The molecule has 0 spiro atoms. The average molecular weight is 298 g/mol. The van der Waals surface area contributed by atoms with Gasteiger partial charge in [0.1, 0.15) is 18.1 Å². The van der Waals surface area contributed by atoms with Crippen molar-refractivity contribution >= 4 is 12.0 Å². The van der Waals surface area contributed by atoms with Crippen LogP contribution in [0.4, 0.5) is 0 Å². The van der Waals surface area contributed by atoms with E-state index in [0.29, 0.717) is 12.4 Å². The van der Waals surface area contributed by atoms with Crippen LogP contribution in [0.2, 0.25) is 0 Å². The largest absolute Gasteiger partial charge is 0.496 e. The van der Waals surface area contributed by atoms with Crippen LogP contribution in [0.1, 0.15) is 16.7 Å². The predicted molar refractivity (Wildman–Crippen MR) is 85.2 cm³/mol. The van der Waals surface area contributed by atoms with Gasteiger partial charge in [0.05, 0.1) is 7.11 Å². The van der Waals surface area contributed by atoms with Crippen LogP contribution in [0.5, 0.6) is 11.5 Å². The number of rotatable bonds is 6. The molecule has 1 N–H and O–H groups in total. The van der Waals surface area contributed by atoms with Crippen LogP contribution in [-0.4, -0.2) is 18.2 Å². The van der Waals surface area contributed by atoms with Gasteiger partial charge in [0.15, 0.2) is 0 Å². The zero-order chi connectivity index (χ0) is 15.9. The molecule has 0 unspecified atom stereocenters. The third-order valence-electron chi connectivity index (χ3n) is 3.14. The number of hydrogen-bond donors (Lipinski definition) is 1. The highest BCUT2D eigenvalue weighted by Crippen LogP contribution is 2.23. The molecule has 2 rings (SSSR count). The number of methoxy groups -OCH3 is 1. The van der Waals surface area contributed by atoms with E-state index in [1.54, 1.807) is 19.2 Å². The first kappa shape index (κ1) is 15.6. The topological polar surface area (TPSA) is 55.8 Å². The van der Waals surface area contributed by atoms with Crippen molar-refractivity contribution in [2.75, 3.05) is 7.11 Å². The van der Waals surface area contributed by atoms with E-state index in [-0.39, 0.29) is 0 Å². The Labute approximate surface area is 129 Å². The van der Waals surface area contributed by atoms with E-state index >= 15 is 0 Å². The Balaban J connectivity index is 2.15. The highest BCUT2D eigenvalue weighted by molar-refractivity contribution is 5.85. The maximum absolute atomic E-state index is 10.6. The summed E-state index contributed by atoms with van der Waals surface area (Å²) in [5.41, 5.74) is 2.81. The van der Waals surface area contributed by atoms with Gasteiger partial charge >= 0.3 is 5.97 Å². The molecule has 4 nitrogen and oxygen atoms in total. The number of carboxylic acid groups (broad SMARTS) is 1. The van der Waals surface area contributed by atoms with Gasteiger partial charge in [-0.2, -0.15) is 0 Å². The Hall–Kier alpha value is -2.75. The summed E-state index contributed by atoms with van der Waals surface area (Å²) in [5.74, 6) is 0.506. The Bertz CT molecular complexity index is 672. The minimum atomic E-state index is -0.978. The predicted octanol–water partition coefficient (Wildman–Crippen LogP) is 3.68. The lowest BCUT2D eigenvalue weighted by Gasteiger charge is -2.11. The highest BCUT2D eigenvalue weighted by Gasteiger charge is 2.05. The molecule has 0 saturated carbocycles. The molecule has 0 bridgehead atoms. The summed E-state index contributed by atoms with van der Waals surface area (Å²) in [5, 5.41) is 8.68. The lowest BCUT2D eigenvalue weighted by atomic mass is 10.1. The summed E-state index contributed by atoms with van der Waals surface area (Å²) in [6, 6.07) is 13.2. The second-order valence-corrected chi connectivity index (χ2v) is 4.84. The fourth-order valence-corrected chi connectivity index (χ4v) is 1.98. The van der Waals surface area contributed by atoms with Gasteiger partial charge < -0.3 is 14.6 Å². The summed E-state index contributed by atoms with van der Waals surface area (Å²) in [6.07, 6.45) is 2.64. The van der Waals surface area contributed by atoms with Gasteiger partial charge in [-0.05, 0) is 42.8 Å². The van der Waals surface area contributed by atoms with E-state index in [2.05, 4.69) is 0 Å². The third-order valence-corrected chi connectivity index (χ3v) is 3.14. The number of carbonyl (C=O) groups is 1. The van der Waals surface area contributed by atoms with Crippen LogP contribution in [0.3, 0.4) is 0 Å². The number of ether oxygens (including phenoxy) is 2. The van der Waals surface area contributed by atoms with Crippen molar-refractivity contribution in [1.82, 2.24) is 0 Å². The molecule has 0 saturated heterocycles. The van der Waals surface area contributed by atoms with Crippen LogP contribution in [-0.2, 0) is 11.4 Å². The van der Waals surface area contributed by atoms with Gasteiger partial charge in [-0.1, -0.05) is 23.8 Å². The fraction of sp³-hybridized carbons (Fsp3) is 0.167. The number of benzene rings is 2. The molecule has 0 amide bonds. The summed E-state index contributed by atoms with van der Waals surface area (Å²) < 4.78 is 11.1. The van der Waals surface area contributed by atoms with Crippen molar-refractivity contribution in [3.8, 4) is 11.5 Å². The van der Waals surface area contributed by atoms with Crippen molar-refractivity contribution in [2.45, 2.75) is 13.5 Å². The number of carboxylic acids is 1. The maximum Gasteiger partial charge on any atom is 0.328 e. The van der Waals surface area contributed by atoms with Gasteiger partial charge in [-0.25, -0.2) is 4.79 Å². The molecule has 0 aliphatic carbocycles. The summed E-state index contributed by atoms with van der Waals surface area (Å²) >= 11 is 0. The standard InChI is InChI=1S/C18H18O4/c1-13-3-7-16(8-4-13)22-12-15-11-14(6-10-18(19)20)5-9-17(15)21-2/h3-11H,12H2,1-2H3,(H,19,20)/b10-6+. The van der Waals surface area contributed by atoms with Gasteiger partial charge in [0.25, 0.3) is 0 Å². The van der Waals surface area contributed by atoms with E-state index < -0.39 is 5.97 Å². The zero-order valence-electron chi connectivity index (χ0n) is 12.6. The van der Waals surface area contributed by atoms with E-state index in [0.717, 1.165) is 23.0 Å². The Morgan fingerprint density at radius 1 is 1.18 bits per heavy atom. The lowest BCUT2D eigenvalue weighted by molar-refractivity contribution is -0.131. The van der Waals surface area contributed by atoms with E-state index in [1.165, 1.54) is 11.6 Å². The smallest absolute Gasteiger partial charge is 0.328 e. The normalized spacial score (nSPS) is 10.6. The van der Waals surface area contributed by atoms with E-state index in [9.17, 15) is 4.79 Å². The minimum Gasteiger partial charge on any atom is -0.496 e. The molecule has 114 valence electrons. The maximum atomic E-state index is 10.6. The van der Waals surface area contributed by atoms with Crippen LogP contribution in [0.15, 0.2) is 48.5 Å². The lowest BCUT2D eigenvalue weighted by Crippen LogP contribution is -1.99. The molecule has 0 radical (unpaired) electrons. The minimum absolute atomic E-state index is 0.348. The summed E-state index contributed by atoms with van der Waals surface area (Å²) in [4.78, 5) is 10.6. The van der Waals surface area contributed by atoms with Crippen LogP contribution < -0.4 is 9.47 Å². The molecule has 0 heterocycles. The SMILES string of the molecule is COc1ccc(/C=C/C(=O)O)cc1COc1ccc(C)cc1. The van der Waals surface area contributed by atoms with Gasteiger partial charge in [-0.3, -0.25) is 0 Å². The van der Waals surface area contributed by atoms with E-state index in [1.807, 2.05) is 37.3 Å². The summed E-state index contributed by atoms with van der Waals surface area (Å²) in [7, 11) is 1.59. The molecule has 0 aliphatic rings. The molecule has 0 aromatic heterocycles. The second kappa shape index (κ2) is 7.31.